The number of hydrogen-bond acceptors (Lipinski definition) is 1. The molecular weight excluding hydrogens is 843 g/mol. The van der Waals surface area contributed by atoms with Crippen LogP contribution in [0.15, 0.2) is 103 Å². The van der Waals surface area contributed by atoms with Crippen molar-refractivity contribution in [2.24, 2.45) is 0 Å². The van der Waals surface area contributed by atoms with E-state index in [1.165, 1.54) is 90.9 Å². The van der Waals surface area contributed by atoms with E-state index >= 15 is 0 Å². The molecule has 6 aromatic rings. The van der Waals surface area contributed by atoms with Gasteiger partial charge in [-0.25, -0.2) is 0 Å². The molecule has 0 spiro atoms. The first-order valence-corrected chi connectivity index (χ1v) is 26.5. The van der Waals surface area contributed by atoms with Crippen LogP contribution in [-0.4, -0.2) is 23.2 Å². The van der Waals surface area contributed by atoms with Crippen LogP contribution in [0.2, 0.25) is 0 Å². The van der Waals surface area contributed by atoms with E-state index in [1.807, 2.05) is 0 Å². The second kappa shape index (κ2) is 24.3. The average molecular weight is 913 g/mol. The third-order valence-corrected chi connectivity index (χ3v) is 10.4. The van der Waals surface area contributed by atoms with Gasteiger partial charge in [-0.1, -0.05) is 153 Å². The number of rotatable bonds is 10. The Bertz CT molecular complexity index is 2070. The van der Waals surface area contributed by atoms with Crippen molar-refractivity contribution >= 4 is 49.5 Å². The Morgan fingerprint density at radius 2 is 1.10 bits per heavy atom. The Balaban J connectivity index is 0.000000545. The molecule has 6 rings (SSSR count). The molecule has 4 radical (unpaired) electrons. The predicted molar refractivity (Wildman–Crippen MR) is 260 cm³/mol. The number of halogens is 2. The van der Waals surface area contributed by atoms with Gasteiger partial charge in [-0.05, 0) is 66.7 Å². The molecule has 0 aromatic heterocycles. The van der Waals surface area contributed by atoms with Crippen LogP contribution < -0.4 is 0 Å². The molecule has 0 heterocycles. The zero-order valence-electron chi connectivity index (χ0n) is 37.9. The summed E-state index contributed by atoms with van der Waals surface area (Å²) in [5.41, 5.74) is 12.9. The number of hydrogen-bond donors (Lipinski definition) is 0. The molecular formula is C53H70Cl2OSiZr-4. The first-order chi connectivity index (χ1) is 26.0. The van der Waals surface area contributed by atoms with Gasteiger partial charge in [0.25, 0.3) is 0 Å². The first-order valence-electron chi connectivity index (χ1n) is 20.1. The van der Waals surface area contributed by atoms with Crippen molar-refractivity contribution in [3.8, 4) is 22.3 Å². The van der Waals surface area contributed by atoms with Gasteiger partial charge in [-0.2, -0.15) is 6.07 Å². The Morgan fingerprint density at radius 3 is 1.60 bits per heavy atom. The van der Waals surface area contributed by atoms with E-state index in [2.05, 4.69) is 179 Å². The molecule has 0 saturated carbocycles. The van der Waals surface area contributed by atoms with E-state index in [-0.39, 0.29) is 42.2 Å². The van der Waals surface area contributed by atoms with Crippen molar-refractivity contribution in [1.29, 1.82) is 0 Å². The van der Waals surface area contributed by atoms with Gasteiger partial charge in [-0.15, -0.1) is 74.6 Å². The predicted octanol–water partition coefficient (Wildman–Crippen LogP) is 16.7. The zero-order valence-corrected chi connectivity index (χ0v) is 42.9. The minimum Gasteiger partial charge on any atom is 0 e. The monoisotopic (exact) mass is 910 g/mol. The molecule has 0 aliphatic heterocycles. The van der Waals surface area contributed by atoms with Crippen molar-refractivity contribution in [2.75, 3.05) is 6.61 Å². The first kappa shape index (κ1) is 53.8. The maximum Gasteiger partial charge on any atom is 0 e. The molecule has 5 heteroatoms. The Hall–Kier alpha value is -2.26. The van der Waals surface area contributed by atoms with Crippen molar-refractivity contribution in [3.05, 3.63) is 146 Å². The maximum atomic E-state index is 5.85. The largest absolute Gasteiger partial charge is 0 e. The SMILES string of the molecule is CCc1cc2c(-c3ccc(C(C)(C)C)cc3)cccc2[cH-]1.Cc1[cH-]c2cccc(-c3ccc(C(C)(C)C)cc3)c2c1CCCCCCOC(C)(C)C.[CH3-].[CH3-].[Cl][Zr][Cl].[Si]. The van der Waals surface area contributed by atoms with Crippen LogP contribution >= 0.6 is 17.0 Å². The molecule has 314 valence electrons. The van der Waals surface area contributed by atoms with Crippen LogP contribution in [0.25, 0.3) is 43.8 Å². The van der Waals surface area contributed by atoms with E-state index in [0.717, 1.165) is 25.9 Å². The molecule has 0 aliphatic rings. The molecule has 6 aromatic carbocycles. The third-order valence-electron chi connectivity index (χ3n) is 10.4. The summed E-state index contributed by atoms with van der Waals surface area (Å²) in [6, 6.07) is 38.6. The van der Waals surface area contributed by atoms with E-state index in [0.29, 0.717) is 0 Å². The van der Waals surface area contributed by atoms with Gasteiger partial charge >= 0.3 is 37.9 Å². The van der Waals surface area contributed by atoms with Gasteiger partial charge in [0.05, 0.1) is 5.60 Å². The van der Waals surface area contributed by atoms with Crippen LogP contribution in [0.3, 0.4) is 0 Å². The molecule has 58 heavy (non-hydrogen) atoms. The maximum absolute atomic E-state index is 5.85. The summed E-state index contributed by atoms with van der Waals surface area (Å²) in [4.78, 5) is 0. The molecule has 0 saturated heterocycles. The van der Waals surface area contributed by atoms with E-state index in [4.69, 9.17) is 21.8 Å². The number of unbranched alkanes of at least 4 members (excludes halogenated alkanes) is 3. The number of ether oxygens (including phenoxy) is 1. The summed E-state index contributed by atoms with van der Waals surface area (Å²) in [5.74, 6) is 0. The van der Waals surface area contributed by atoms with Gasteiger partial charge in [0.15, 0.2) is 0 Å². The van der Waals surface area contributed by atoms with Crippen LogP contribution in [0, 0.1) is 21.8 Å². The van der Waals surface area contributed by atoms with Crippen molar-refractivity contribution in [3.63, 3.8) is 0 Å². The van der Waals surface area contributed by atoms with Gasteiger partial charge < -0.3 is 19.6 Å². The average Bonchev–Trinajstić information content (AvgIpc) is 3.71. The van der Waals surface area contributed by atoms with Crippen molar-refractivity contribution in [1.82, 2.24) is 0 Å². The molecule has 0 fully saturated rings. The number of fused-ring (bicyclic) bond motifs is 2. The van der Waals surface area contributed by atoms with E-state index in [9.17, 15) is 0 Å². The van der Waals surface area contributed by atoms with Crippen molar-refractivity contribution < 1.29 is 25.6 Å². The van der Waals surface area contributed by atoms with Gasteiger partial charge in [0.1, 0.15) is 0 Å². The molecule has 1 nitrogen and oxygen atoms in total. The third kappa shape index (κ3) is 15.3. The van der Waals surface area contributed by atoms with Gasteiger partial charge in [0.2, 0.25) is 0 Å². The summed E-state index contributed by atoms with van der Waals surface area (Å²) in [5, 5.41) is 5.56. The number of benzene rings is 4. The minimum absolute atomic E-state index is 0. The summed E-state index contributed by atoms with van der Waals surface area (Å²) in [7, 11) is 9.87. The summed E-state index contributed by atoms with van der Waals surface area (Å²) >= 11 is -0.826. The molecule has 0 aliphatic carbocycles. The molecule has 0 amide bonds. The van der Waals surface area contributed by atoms with Gasteiger partial charge in [-0.3, -0.25) is 0 Å². The van der Waals surface area contributed by atoms with E-state index in [1.54, 1.807) is 0 Å². The van der Waals surface area contributed by atoms with Gasteiger partial charge in [0, 0.05) is 17.6 Å². The molecule has 0 atom stereocenters. The molecule has 0 bridgehead atoms. The fraction of sp³-hybridized carbons (Fsp3) is 0.396. The van der Waals surface area contributed by atoms with Crippen LogP contribution in [0.4, 0.5) is 0 Å². The smallest absolute Gasteiger partial charge is 0 e. The topological polar surface area (TPSA) is 9.23 Å². The Labute approximate surface area is 378 Å². The fourth-order valence-electron chi connectivity index (χ4n) is 7.30. The quantitative estimate of drug-likeness (QED) is 0.0756. The summed E-state index contributed by atoms with van der Waals surface area (Å²) in [6.07, 6.45) is 7.16. The Kier molecular flexibility index (Phi) is 22.5. The molecule has 0 N–H and O–H groups in total. The van der Waals surface area contributed by atoms with Crippen LogP contribution in [0.5, 0.6) is 0 Å². The standard InChI is InChI=1S/C30H41O.C21H23.2CH3.2ClH.Si.Zr/c1-22-21-24-13-12-15-27(23-16-18-25(19-17-23)29(2,3)4)28(24)26(22)14-10-8-9-11-20-31-30(5,6)7;1-5-15-13-17-7-6-8-19(20(17)14-15)16-9-11-18(12-10-16)21(2,3)4;;;;;;/h12-13,15-19,21H,8-11,14,20H2,1-7H3;6-14H,5H2,1-4H3;2*1H3;2*1H;;/q4*-1;;;;+2/p-2. The minimum atomic E-state index is -0.826. The summed E-state index contributed by atoms with van der Waals surface area (Å²) in [6.45, 7) is 25.3. The molecule has 0 unspecified atom stereocenters. The van der Waals surface area contributed by atoms with Crippen LogP contribution in [0.1, 0.15) is 123 Å². The fourth-order valence-corrected chi connectivity index (χ4v) is 7.30. The zero-order chi connectivity index (χ0) is 40.4. The van der Waals surface area contributed by atoms with Crippen molar-refractivity contribution in [2.45, 2.75) is 131 Å². The summed E-state index contributed by atoms with van der Waals surface area (Å²) < 4.78 is 5.85. The number of aryl methyl sites for hydroxylation is 3. The second-order valence-electron chi connectivity index (χ2n) is 18.0. The Morgan fingerprint density at radius 1 is 0.621 bits per heavy atom. The van der Waals surface area contributed by atoms with Crippen LogP contribution in [-0.2, 0) is 49.3 Å². The van der Waals surface area contributed by atoms with E-state index < -0.39 is 20.8 Å². The normalized spacial score (nSPS) is 11.3. The second-order valence-corrected chi connectivity index (χ2v) is 21.7.